The smallest absolute Gasteiger partial charge is 0.255 e. The molecule has 2 aromatic carbocycles. The minimum Gasteiger partial charge on any atom is -0.436 e. The number of aromatic nitrogens is 1. The van der Waals surface area contributed by atoms with Gasteiger partial charge < -0.3 is 14.6 Å². The SMILES string of the molecule is Cc1ccc(-c2cnc(-c3ccccc3C(=O)N3CCNC(=O)C3)o2)cc1. The highest BCUT2D eigenvalue weighted by Crippen LogP contribution is 2.29. The molecule has 1 N–H and O–H groups in total. The highest BCUT2D eigenvalue weighted by Gasteiger charge is 2.25. The highest BCUT2D eigenvalue weighted by atomic mass is 16.4. The predicted molar refractivity (Wildman–Crippen MR) is 101 cm³/mol. The molecule has 1 fully saturated rings. The van der Waals surface area contributed by atoms with Crippen LogP contribution in [0, 0.1) is 6.92 Å². The van der Waals surface area contributed by atoms with Crippen LogP contribution in [-0.2, 0) is 4.79 Å². The average Bonchev–Trinajstić information content (AvgIpc) is 3.18. The molecule has 6 heteroatoms. The highest BCUT2D eigenvalue weighted by molar-refractivity contribution is 6.01. The number of aryl methyl sites for hydroxylation is 1. The van der Waals surface area contributed by atoms with E-state index in [4.69, 9.17) is 4.42 Å². The third-order valence-electron chi connectivity index (χ3n) is 4.56. The third-order valence-corrected chi connectivity index (χ3v) is 4.56. The molecule has 136 valence electrons. The molecule has 0 saturated carbocycles. The van der Waals surface area contributed by atoms with Crippen LogP contribution in [0.25, 0.3) is 22.8 Å². The van der Waals surface area contributed by atoms with Crippen molar-refractivity contribution < 1.29 is 14.0 Å². The molecule has 0 spiro atoms. The van der Waals surface area contributed by atoms with Gasteiger partial charge in [0.05, 0.1) is 18.3 Å². The first-order valence-corrected chi connectivity index (χ1v) is 8.80. The Balaban J connectivity index is 1.66. The van der Waals surface area contributed by atoms with Crippen molar-refractivity contribution in [2.75, 3.05) is 19.6 Å². The van der Waals surface area contributed by atoms with E-state index in [9.17, 15) is 9.59 Å². The quantitative estimate of drug-likeness (QED) is 0.778. The Kier molecular flexibility index (Phi) is 4.46. The minimum atomic E-state index is -0.199. The molecule has 3 aromatic rings. The monoisotopic (exact) mass is 361 g/mol. The molecule has 0 unspecified atom stereocenters. The summed E-state index contributed by atoms with van der Waals surface area (Å²) in [5.41, 5.74) is 3.19. The van der Waals surface area contributed by atoms with Crippen molar-refractivity contribution in [1.29, 1.82) is 0 Å². The molecular weight excluding hydrogens is 342 g/mol. The van der Waals surface area contributed by atoms with Crippen LogP contribution in [0.4, 0.5) is 0 Å². The van der Waals surface area contributed by atoms with Gasteiger partial charge in [-0.1, -0.05) is 42.0 Å². The lowest BCUT2D eigenvalue weighted by Gasteiger charge is -2.27. The molecule has 1 aliphatic heterocycles. The van der Waals surface area contributed by atoms with Crippen LogP contribution in [0.2, 0.25) is 0 Å². The van der Waals surface area contributed by atoms with Gasteiger partial charge >= 0.3 is 0 Å². The van der Waals surface area contributed by atoms with Crippen LogP contribution in [0.15, 0.2) is 59.1 Å². The van der Waals surface area contributed by atoms with E-state index in [2.05, 4.69) is 10.3 Å². The first-order chi connectivity index (χ1) is 13.1. The molecule has 0 aliphatic carbocycles. The number of nitrogens with one attached hydrogen (secondary N) is 1. The zero-order valence-corrected chi connectivity index (χ0v) is 14.9. The fraction of sp³-hybridized carbons (Fsp3) is 0.190. The maximum Gasteiger partial charge on any atom is 0.255 e. The van der Waals surface area contributed by atoms with Gasteiger partial charge in [-0.25, -0.2) is 4.98 Å². The second-order valence-electron chi connectivity index (χ2n) is 6.52. The number of nitrogens with zero attached hydrogens (tertiary/aromatic N) is 2. The zero-order chi connectivity index (χ0) is 18.8. The summed E-state index contributed by atoms with van der Waals surface area (Å²) in [6.07, 6.45) is 1.66. The molecule has 4 rings (SSSR count). The topological polar surface area (TPSA) is 75.4 Å². The Bertz CT molecular complexity index is 992. The van der Waals surface area contributed by atoms with E-state index >= 15 is 0 Å². The molecule has 1 saturated heterocycles. The van der Waals surface area contributed by atoms with Crippen molar-refractivity contribution in [1.82, 2.24) is 15.2 Å². The van der Waals surface area contributed by atoms with E-state index in [0.717, 1.165) is 5.56 Å². The van der Waals surface area contributed by atoms with Gasteiger partial charge in [0, 0.05) is 24.2 Å². The van der Waals surface area contributed by atoms with Crippen LogP contribution in [0.3, 0.4) is 0 Å². The largest absolute Gasteiger partial charge is 0.436 e. The Hall–Kier alpha value is -3.41. The number of amides is 2. The number of carbonyl (C=O) groups is 2. The Morgan fingerprint density at radius 1 is 1.15 bits per heavy atom. The van der Waals surface area contributed by atoms with Gasteiger partial charge in [-0.2, -0.15) is 0 Å². The average molecular weight is 361 g/mol. The van der Waals surface area contributed by atoms with Gasteiger partial charge in [0.1, 0.15) is 0 Å². The maximum atomic E-state index is 12.9. The molecular formula is C21H19N3O3. The number of benzene rings is 2. The first kappa shape index (κ1) is 17.0. The van der Waals surface area contributed by atoms with Crippen LogP contribution in [-0.4, -0.2) is 41.3 Å². The summed E-state index contributed by atoms with van der Waals surface area (Å²) in [5, 5.41) is 2.73. The molecule has 6 nitrogen and oxygen atoms in total. The third kappa shape index (κ3) is 3.46. The van der Waals surface area contributed by atoms with Gasteiger partial charge in [0.25, 0.3) is 5.91 Å². The lowest BCUT2D eigenvalue weighted by molar-refractivity contribution is -0.123. The van der Waals surface area contributed by atoms with Gasteiger partial charge in [-0.3, -0.25) is 9.59 Å². The second-order valence-corrected chi connectivity index (χ2v) is 6.52. The summed E-state index contributed by atoms with van der Waals surface area (Å²) in [6, 6.07) is 15.1. The van der Waals surface area contributed by atoms with Gasteiger partial charge in [-0.05, 0) is 19.1 Å². The molecule has 1 aliphatic rings. The summed E-state index contributed by atoms with van der Waals surface area (Å²) >= 11 is 0. The van der Waals surface area contributed by atoms with E-state index in [1.165, 1.54) is 5.56 Å². The summed E-state index contributed by atoms with van der Waals surface area (Å²) < 4.78 is 5.93. The molecule has 0 radical (unpaired) electrons. The fourth-order valence-electron chi connectivity index (χ4n) is 3.09. The summed E-state index contributed by atoms with van der Waals surface area (Å²) in [4.78, 5) is 30.5. The molecule has 27 heavy (non-hydrogen) atoms. The van der Waals surface area contributed by atoms with Crippen LogP contribution < -0.4 is 5.32 Å². The number of oxazole rings is 1. The number of carbonyl (C=O) groups excluding carboxylic acids is 2. The standard InChI is InChI=1S/C21H19N3O3/c1-14-6-8-15(9-7-14)18-12-23-20(27-18)16-4-2-3-5-17(16)21(26)24-11-10-22-19(25)13-24/h2-9,12H,10-11,13H2,1H3,(H,22,25). The van der Waals surface area contributed by atoms with Crippen molar-refractivity contribution in [2.45, 2.75) is 6.92 Å². The molecule has 2 amide bonds. The lowest BCUT2D eigenvalue weighted by atomic mass is 10.1. The number of hydrogen-bond donors (Lipinski definition) is 1. The van der Waals surface area contributed by atoms with Crippen LogP contribution in [0.1, 0.15) is 15.9 Å². The maximum absolute atomic E-state index is 12.9. The van der Waals surface area contributed by atoms with Gasteiger partial charge in [0.15, 0.2) is 5.76 Å². The van der Waals surface area contributed by atoms with Crippen molar-refractivity contribution in [3.05, 3.63) is 65.9 Å². The van der Waals surface area contributed by atoms with Gasteiger partial charge in [-0.15, -0.1) is 0 Å². The first-order valence-electron chi connectivity index (χ1n) is 8.80. The van der Waals surface area contributed by atoms with E-state index < -0.39 is 0 Å². The predicted octanol–water partition coefficient (Wildman–Crippen LogP) is 2.89. The van der Waals surface area contributed by atoms with E-state index in [1.807, 2.05) is 43.3 Å². The second kappa shape index (κ2) is 7.07. The van der Waals surface area contributed by atoms with Crippen LogP contribution >= 0.6 is 0 Å². The van der Waals surface area contributed by atoms with Crippen molar-refractivity contribution >= 4 is 11.8 Å². The molecule has 0 atom stereocenters. The Labute approximate surface area is 156 Å². The van der Waals surface area contributed by atoms with E-state index in [0.29, 0.717) is 35.9 Å². The van der Waals surface area contributed by atoms with E-state index in [-0.39, 0.29) is 18.4 Å². The lowest BCUT2D eigenvalue weighted by Crippen LogP contribution is -2.50. The summed E-state index contributed by atoms with van der Waals surface area (Å²) in [5.74, 6) is 0.681. The number of piperazine rings is 1. The minimum absolute atomic E-state index is 0.0629. The van der Waals surface area contributed by atoms with Gasteiger partial charge in [0.2, 0.25) is 11.8 Å². The summed E-state index contributed by atoms with van der Waals surface area (Å²) in [7, 11) is 0. The molecule has 0 bridgehead atoms. The van der Waals surface area contributed by atoms with Crippen molar-refractivity contribution in [2.24, 2.45) is 0 Å². The number of hydrogen-bond acceptors (Lipinski definition) is 4. The molecule has 2 heterocycles. The Morgan fingerprint density at radius 3 is 2.70 bits per heavy atom. The molecule has 1 aromatic heterocycles. The zero-order valence-electron chi connectivity index (χ0n) is 14.9. The van der Waals surface area contributed by atoms with Crippen LogP contribution in [0.5, 0.6) is 0 Å². The van der Waals surface area contributed by atoms with Crippen molar-refractivity contribution in [3.8, 4) is 22.8 Å². The van der Waals surface area contributed by atoms with Crippen molar-refractivity contribution in [3.63, 3.8) is 0 Å². The fourth-order valence-corrected chi connectivity index (χ4v) is 3.09. The Morgan fingerprint density at radius 2 is 1.93 bits per heavy atom. The number of rotatable bonds is 3. The summed E-state index contributed by atoms with van der Waals surface area (Å²) in [6.45, 7) is 3.04. The normalized spacial score (nSPS) is 14.1. The van der Waals surface area contributed by atoms with E-state index in [1.54, 1.807) is 23.2 Å².